The maximum Gasteiger partial charge on any atom is 0.248 e. The van der Waals surface area contributed by atoms with Gasteiger partial charge < -0.3 is 27.4 Å². The molecule has 39 heavy (non-hydrogen) atoms. The summed E-state index contributed by atoms with van der Waals surface area (Å²) < 4.78 is 0. The van der Waals surface area contributed by atoms with Crippen LogP contribution in [0.5, 0.6) is 0 Å². The van der Waals surface area contributed by atoms with Crippen LogP contribution in [0.15, 0.2) is 36.4 Å². The van der Waals surface area contributed by atoms with Crippen LogP contribution in [-0.2, 0) is 23.1 Å². The fraction of sp³-hybridized carbons (Fsp3) is 0.414. The molecule has 2 aromatic rings. The first-order valence-electron chi connectivity index (χ1n) is 13.2. The number of aryl methyl sites for hydroxylation is 2. The largest absolute Gasteiger partial charge is 0.387 e. The van der Waals surface area contributed by atoms with E-state index in [0.29, 0.717) is 36.3 Å². The summed E-state index contributed by atoms with van der Waals surface area (Å²) in [5, 5.41) is 21.6. The highest BCUT2D eigenvalue weighted by Gasteiger charge is 2.54. The number of nitrogens with one attached hydrogen (secondary N) is 2. The second-order valence-electron chi connectivity index (χ2n) is 11.0. The molecule has 202 valence electrons. The predicted molar refractivity (Wildman–Crippen MR) is 145 cm³/mol. The molecule has 10 heteroatoms. The molecule has 0 unspecified atom stereocenters. The Morgan fingerprint density at radius 1 is 1.05 bits per heavy atom. The minimum absolute atomic E-state index is 0.0670. The molecule has 2 aromatic carbocycles. The van der Waals surface area contributed by atoms with E-state index in [1.807, 2.05) is 6.92 Å². The highest BCUT2D eigenvalue weighted by atomic mass is 16.2. The Labute approximate surface area is 227 Å². The standard InChI is InChI=1S/C29H33N7O3/c1-15(35-14-25(37)36-21(13-30)10-20-11-24(20)36)12-29(28(33)34)22-6-4-18(26(31)38)8-16(22)2-3-17-9-19(27(32)39)5-7-23(17)29/h4-9,15,20-21,24,35H,2-3,10-12,14H2,1H3,(H2,31,38)(H2,32,39)(H3,33,34)/t15-,20-,21+,24+/m1/s1. The molecule has 0 radical (unpaired) electrons. The zero-order chi connectivity index (χ0) is 28.1. The van der Waals surface area contributed by atoms with Crippen molar-refractivity contribution in [1.29, 1.82) is 10.7 Å². The third-order valence-corrected chi connectivity index (χ3v) is 8.58. The Morgan fingerprint density at radius 2 is 1.62 bits per heavy atom. The van der Waals surface area contributed by atoms with Gasteiger partial charge in [-0.05, 0) is 91.5 Å². The van der Waals surface area contributed by atoms with Crippen molar-refractivity contribution in [2.24, 2.45) is 23.1 Å². The summed E-state index contributed by atoms with van der Waals surface area (Å²) in [5.41, 5.74) is 20.4. The lowest BCUT2D eigenvalue weighted by Gasteiger charge is -2.38. The Morgan fingerprint density at radius 3 is 2.10 bits per heavy atom. The Kier molecular flexibility index (Phi) is 6.64. The number of nitriles is 1. The highest BCUT2D eigenvalue weighted by molar-refractivity contribution is 5.97. The van der Waals surface area contributed by atoms with Crippen molar-refractivity contribution < 1.29 is 14.4 Å². The van der Waals surface area contributed by atoms with E-state index >= 15 is 0 Å². The van der Waals surface area contributed by atoms with Crippen molar-refractivity contribution in [3.8, 4) is 6.07 Å². The number of rotatable bonds is 8. The van der Waals surface area contributed by atoms with Crippen LogP contribution in [0.25, 0.3) is 0 Å². The van der Waals surface area contributed by atoms with E-state index in [9.17, 15) is 19.6 Å². The van der Waals surface area contributed by atoms with E-state index in [-0.39, 0.29) is 36.4 Å². The van der Waals surface area contributed by atoms with Crippen molar-refractivity contribution in [3.05, 3.63) is 69.8 Å². The number of carbonyl (C=O) groups is 3. The molecule has 0 aromatic heterocycles. The van der Waals surface area contributed by atoms with Gasteiger partial charge in [0.15, 0.2) is 0 Å². The Bertz CT molecular complexity index is 1360. The van der Waals surface area contributed by atoms with Gasteiger partial charge in [-0.2, -0.15) is 5.26 Å². The van der Waals surface area contributed by atoms with Crippen LogP contribution in [-0.4, -0.2) is 53.1 Å². The summed E-state index contributed by atoms with van der Waals surface area (Å²) in [7, 11) is 0. The first kappa shape index (κ1) is 26.4. The lowest BCUT2D eigenvalue weighted by Crippen LogP contribution is -2.49. The molecule has 3 aliphatic rings. The Balaban J connectivity index is 1.50. The number of carbonyl (C=O) groups excluding carboxylic acids is 3. The van der Waals surface area contributed by atoms with Gasteiger partial charge in [-0.3, -0.25) is 19.8 Å². The minimum atomic E-state index is -1.09. The quantitative estimate of drug-likeness (QED) is 0.252. The number of hydrogen-bond donors (Lipinski definition) is 5. The molecule has 3 amide bonds. The lowest BCUT2D eigenvalue weighted by molar-refractivity contribution is -0.131. The molecule has 1 heterocycles. The Hall–Kier alpha value is -4.23. The summed E-state index contributed by atoms with van der Waals surface area (Å²) in [5.74, 6) is -0.850. The molecule has 2 fully saturated rings. The van der Waals surface area contributed by atoms with Gasteiger partial charge in [0.2, 0.25) is 17.7 Å². The van der Waals surface area contributed by atoms with E-state index < -0.39 is 17.2 Å². The molecule has 10 nitrogen and oxygen atoms in total. The molecule has 0 spiro atoms. The number of piperidine rings is 1. The number of amidine groups is 1. The molecule has 1 aliphatic heterocycles. The van der Waals surface area contributed by atoms with Gasteiger partial charge in [0, 0.05) is 23.2 Å². The summed E-state index contributed by atoms with van der Waals surface area (Å²) in [6.07, 6.45) is 3.14. The predicted octanol–water partition coefficient (Wildman–Crippen LogP) is 1.09. The molecular formula is C29H33N7O3. The van der Waals surface area contributed by atoms with Crippen LogP contribution in [0, 0.1) is 22.7 Å². The smallest absolute Gasteiger partial charge is 0.248 e. The summed E-state index contributed by atoms with van der Waals surface area (Å²) in [4.78, 5) is 38.7. The first-order chi connectivity index (χ1) is 18.6. The summed E-state index contributed by atoms with van der Waals surface area (Å²) >= 11 is 0. The van der Waals surface area contributed by atoms with E-state index in [1.54, 1.807) is 41.3 Å². The lowest BCUT2D eigenvalue weighted by atomic mass is 9.67. The van der Waals surface area contributed by atoms with Crippen molar-refractivity contribution >= 4 is 23.6 Å². The topological polar surface area (TPSA) is 192 Å². The zero-order valence-electron chi connectivity index (χ0n) is 21.9. The second kappa shape index (κ2) is 9.82. The number of hydrogen-bond acceptors (Lipinski definition) is 6. The molecule has 2 aliphatic carbocycles. The van der Waals surface area contributed by atoms with Gasteiger partial charge in [0.25, 0.3) is 0 Å². The fourth-order valence-electron chi connectivity index (χ4n) is 6.59. The average molecular weight is 528 g/mol. The third-order valence-electron chi connectivity index (χ3n) is 8.58. The van der Waals surface area contributed by atoms with Gasteiger partial charge in [-0.1, -0.05) is 12.1 Å². The van der Waals surface area contributed by atoms with Crippen LogP contribution in [0.4, 0.5) is 0 Å². The number of fused-ring (bicyclic) bond motifs is 3. The van der Waals surface area contributed by atoms with Gasteiger partial charge >= 0.3 is 0 Å². The number of likely N-dealkylation sites (tertiary alicyclic amines) is 1. The van der Waals surface area contributed by atoms with Crippen LogP contribution in [0.3, 0.4) is 0 Å². The van der Waals surface area contributed by atoms with Crippen molar-refractivity contribution in [3.63, 3.8) is 0 Å². The van der Waals surface area contributed by atoms with Crippen molar-refractivity contribution in [2.75, 3.05) is 6.54 Å². The average Bonchev–Trinajstić information content (AvgIpc) is 3.60. The van der Waals surface area contributed by atoms with Crippen LogP contribution < -0.4 is 22.5 Å². The maximum atomic E-state index is 13.1. The van der Waals surface area contributed by atoms with Crippen molar-refractivity contribution in [2.45, 2.75) is 62.6 Å². The van der Waals surface area contributed by atoms with Gasteiger partial charge in [0.05, 0.1) is 18.0 Å². The number of primary amides is 2. The van der Waals surface area contributed by atoms with Crippen LogP contribution in [0.2, 0.25) is 0 Å². The minimum Gasteiger partial charge on any atom is -0.387 e. The molecule has 1 saturated carbocycles. The molecule has 5 rings (SSSR count). The van der Waals surface area contributed by atoms with E-state index in [2.05, 4.69) is 11.4 Å². The maximum absolute atomic E-state index is 13.1. The normalized spacial score (nSPS) is 22.9. The van der Waals surface area contributed by atoms with Crippen molar-refractivity contribution in [1.82, 2.24) is 10.2 Å². The van der Waals surface area contributed by atoms with Gasteiger partial charge in [-0.15, -0.1) is 0 Å². The van der Waals surface area contributed by atoms with E-state index in [1.165, 1.54) is 0 Å². The number of amides is 3. The van der Waals surface area contributed by atoms with Crippen LogP contribution >= 0.6 is 0 Å². The fourth-order valence-corrected chi connectivity index (χ4v) is 6.59. The second-order valence-corrected chi connectivity index (χ2v) is 11.0. The zero-order valence-corrected chi connectivity index (χ0v) is 21.9. The van der Waals surface area contributed by atoms with Gasteiger partial charge in [0.1, 0.15) is 11.9 Å². The van der Waals surface area contributed by atoms with E-state index in [4.69, 9.17) is 22.6 Å². The van der Waals surface area contributed by atoms with E-state index in [0.717, 1.165) is 35.1 Å². The molecule has 4 atom stereocenters. The SMILES string of the molecule is C[C@H](CC1(C(=N)N)c2ccc(C(N)=O)cc2CCc2cc(C(N)=O)ccc21)NCC(=O)N1[C@H](C#N)C[C@@H]2C[C@@H]21. The first-order valence-corrected chi connectivity index (χ1v) is 13.2. The number of nitrogens with zero attached hydrogens (tertiary/aromatic N) is 2. The summed E-state index contributed by atoms with van der Waals surface area (Å²) in [6, 6.07) is 12.2. The monoisotopic (exact) mass is 527 g/mol. The highest BCUT2D eigenvalue weighted by Crippen LogP contribution is 2.47. The molecule has 8 N–H and O–H groups in total. The molecule has 1 saturated heterocycles. The molecule has 0 bridgehead atoms. The number of nitrogens with two attached hydrogens (primary N) is 3. The van der Waals surface area contributed by atoms with Gasteiger partial charge in [-0.25, -0.2) is 0 Å². The number of benzene rings is 2. The summed E-state index contributed by atoms with van der Waals surface area (Å²) in [6.45, 7) is 2.00. The van der Waals surface area contributed by atoms with Crippen LogP contribution in [0.1, 0.15) is 69.2 Å². The third kappa shape index (κ3) is 4.53. The molecular weight excluding hydrogens is 494 g/mol.